The van der Waals surface area contributed by atoms with E-state index in [1.54, 1.807) is 24.3 Å². The summed E-state index contributed by atoms with van der Waals surface area (Å²) < 4.78 is 11.1. The van der Waals surface area contributed by atoms with Gasteiger partial charge in [-0.15, -0.1) is 0 Å². The lowest BCUT2D eigenvalue weighted by Gasteiger charge is -2.06. The molecule has 0 aliphatic heterocycles. The van der Waals surface area contributed by atoms with Gasteiger partial charge in [-0.3, -0.25) is 0 Å². The standard InChI is InChI=1S/C19H27NO3/c1-3-18-17(19(4-2)23-20-18)9-7-5-6-8-14-22-16-12-10-15(21)11-13-16/h10-13,21H,3-9,14H2,1-2H3. The van der Waals surface area contributed by atoms with E-state index >= 15 is 0 Å². The third-order valence-corrected chi connectivity index (χ3v) is 4.03. The van der Waals surface area contributed by atoms with Gasteiger partial charge in [-0.05, 0) is 49.9 Å². The first-order valence-corrected chi connectivity index (χ1v) is 8.62. The Morgan fingerprint density at radius 2 is 1.74 bits per heavy atom. The van der Waals surface area contributed by atoms with Crippen LogP contribution < -0.4 is 4.74 Å². The predicted octanol–water partition coefficient (Wildman–Crippen LogP) is 4.69. The molecule has 0 bridgehead atoms. The molecule has 23 heavy (non-hydrogen) atoms. The molecule has 0 fully saturated rings. The number of rotatable bonds is 10. The van der Waals surface area contributed by atoms with Crippen LogP contribution in [0.5, 0.6) is 11.5 Å². The first kappa shape index (κ1) is 17.4. The van der Waals surface area contributed by atoms with E-state index in [2.05, 4.69) is 19.0 Å². The summed E-state index contributed by atoms with van der Waals surface area (Å²) in [6, 6.07) is 6.87. The Bertz CT molecular complexity index is 553. The van der Waals surface area contributed by atoms with Crippen molar-refractivity contribution in [1.82, 2.24) is 5.16 Å². The maximum Gasteiger partial charge on any atom is 0.139 e. The summed E-state index contributed by atoms with van der Waals surface area (Å²) in [5.41, 5.74) is 2.45. The number of aromatic hydroxyl groups is 1. The van der Waals surface area contributed by atoms with Gasteiger partial charge in [-0.2, -0.15) is 0 Å². The summed E-state index contributed by atoms with van der Waals surface area (Å²) >= 11 is 0. The number of unbranched alkanes of at least 4 members (excludes halogenated alkanes) is 3. The van der Waals surface area contributed by atoms with Crippen LogP contribution in [0, 0.1) is 0 Å². The van der Waals surface area contributed by atoms with Crippen LogP contribution in [0.4, 0.5) is 0 Å². The molecular weight excluding hydrogens is 290 g/mol. The highest BCUT2D eigenvalue weighted by Gasteiger charge is 2.12. The Morgan fingerprint density at radius 3 is 2.43 bits per heavy atom. The molecule has 2 aromatic rings. The first-order valence-electron chi connectivity index (χ1n) is 8.62. The van der Waals surface area contributed by atoms with E-state index in [1.165, 1.54) is 18.4 Å². The van der Waals surface area contributed by atoms with Crippen molar-refractivity contribution in [1.29, 1.82) is 0 Å². The van der Waals surface area contributed by atoms with E-state index in [4.69, 9.17) is 9.26 Å². The minimum absolute atomic E-state index is 0.268. The van der Waals surface area contributed by atoms with Gasteiger partial charge >= 0.3 is 0 Å². The molecule has 1 N–H and O–H groups in total. The number of ether oxygens (including phenoxy) is 1. The van der Waals surface area contributed by atoms with E-state index in [1.807, 2.05) is 0 Å². The molecule has 0 aliphatic carbocycles. The van der Waals surface area contributed by atoms with E-state index in [0.717, 1.165) is 55.9 Å². The fraction of sp³-hybridized carbons (Fsp3) is 0.526. The van der Waals surface area contributed by atoms with E-state index in [0.29, 0.717) is 0 Å². The highest BCUT2D eigenvalue weighted by molar-refractivity contribution is 5.30. The topological polar surface area (TPSA) is 55.5 Å². The van der Waals surface area contributed by atoms with Crippen LogP contribution in [-0.2, 0) is 19.3 Å². The Labute approximate surface area is 138 Å². The van der Waals surface area contributed by atoms with Gasteiger partial charge in [0.15, 0.2) is 0 Å². The largest absolute Gasteiger partial charge is 0.508 e. The summed E-state index contributed by atoms with van der Waals surface area (Å²) in [6.07, 6.45) is 7.49. The Morgan fingerprint density at radius 1 is 1.00 bits per heavy atom. The average molecular weight is 317 g/mol. The second-order valence-electron chi connectivity index (χ2n) is 5.74. The number of nitrogens with zero attached hydrogens (tertiary/aromatic N) is 1. The Balaban J connectivity index is 1.61. The molecule has 0 atom stereocenters. The fourth-order valence-electron chi connectivity index (χ4n) is 2.71. The SMILES string of the molecule is CCc1noc(CC)c1CCCCCCOc1ccc(O)cc1. The average Bonchev–Trinajstić information content (AvgIpc) is 2.97. The van der Waals surface area contributed by atoms with Gasteiger partial charge in [0.25, 0.3) is 0 Å². The number of phenolic OH excluding ortho intramolecular Hbond substituents is 1. The van der Waals surface area contributed by atoms with Crippen LogP contribution in [0.1, 0.15) is 56.5 Å². The zero-order chi connectivity index (χ0) is 16.5. The number of phenols is 1. The van der Waals surface area contributed by atoms with Gasteiger partial charge in [-0.25, -0.2) is 0 Å². The third kappa shape index (κ3) is 5.31. The van der Waals surface area contributed by atoms with Gasteiger partial charge in [-0.1, -0.05) is 31.8 Å². The van der Waals surface area contributed by atoms with Crippen molar-refractivity contribution in [2.24, 2.45) is 0 Å². The number of aromatic nitrogens is 1. The minimum Gasteiger partial charge on any atom is -0.508 e. The molecule has 0 saturated carbocycles. The Kier molecular flexibility index (Phi) is 6.98. The third-order valence-electron chi connectivity index (χ3n) is 4.03. The number of aryl methyl sites for hydroxylation is 2. The second-order valence-corrected chi connectivity index (χ2v) is 5.74. The lowest BCUT2D eigenvalue weighted by Crippen LogP contribution is -1.98. The van der Waals surface area contributed by atoms with Crippen LogP contribution in [0.15, 0.2) is 28.8 Å². The first-order chi connectivity index (χ1) is 11.2. The zero-order valence-electron chi connectivity index (χ0n) is 14.2. The minimum atomic E-state index is 0.268. The van der Waals surface area contributed by atoms with Crippen LogP contribution in [0.3, 0.4) is 0 Å². The van der Waals surface area contributed by atoms with Crippen LogP contribution >= 0.6 is 0 Å². The molecule has 1 aromatic carbocycles. The molecule has 1 aromatic heterocycles. The summed E-state index contributed by atoms with van der Waals surface area (Å²) in [5, 5.41) is 13.4. The molecule has 4 nitrogen and oxygen atoms in total. The van der Waals surface area contributed by atoms with Crippen molar-refractivity contribution in [3.8, 4) is 11.5 Å². The molecule has 126 valence electrons. The van der Waals surface area contributed by atoms with E-state index < -0.39 is 0 Å². The van der Waals surface area contributed by atoms with Gasteiger partial charge in [0.2, 0.25) is 0 Å². The summed E-state index contributed by atoms with van der Waals surface area (Å²) in [5.74, 6) is 2.13. The van der Waals surface area contributed by atoms with Gasteiger partial charge in [0, 0.05) is 12.0 Å². The second kappa shape index (κ2) is 9.23. The summed E-state index contributed by atoms with van der Waals surface area (Å²) in [6.45, 7) is 4.96. The smallest absolute Gasteiger partial charge is 0.139 e. The van der Waals surface area contributed by atoms with Gasteiger partial charge in [0.05, 0.1) is 12.3 Å². The maximum atomic E-state index is 9.21. The van der Waals surface area contributed by atoms with E-state index in [-0.39, 0.29) is 5.75 Å². The predicted molar refractivity (Wildman–Crippen MR) is 91.0 cm³/mol. The zero-order valence-corrected chi connectivity index (χ0v) is 14.2. The molecule has 0 radical (unpaired) electrons. The normalized spacial score (nSPS) is 10.9. The maximum absolute atomic E-state index is 9.21. The Hall–Kier alpha value is -1.97. The summed E-state index contributed by atoms with van der Waals surface area (Å²) in [7, 11) is 0. The molecule has 1 heterocycles. The van der Waals surface area contributed by atoms with E-state index in [9.17, 15) is 5.11 Å². The van der Waals surface area contributed by atoms with Crippen molar-refractivity contribution in [2.45, 2.75) is 58.8 Å². The van der Waals surface area contributed by atoms with Crippen LogP contribution in [0.2, 0.25) is 0 Å². The number of benzene rings is 1. The van der Waals surface area contributed by atoms with Crippen molar-refractivity contribution >= 4 is 0 Å². The van der Waals surface area contributed by atoms with Gasteiger partial charge in [0.1, 0.15) is 17.3 Å². The summed E-state index contributed by atoms with van der Waals surface area (Å²) in [4.78, 5) is 0. The molecule has 4 heteroatoms. The molecule has 2 rings (SSSR count). The number of hydrogen-bond donors (Lipinski definition) is 1. The van der Waals surface area contributed by atoms with Crippen molar-refractivity contribution in [3.05, 3.63) is 41.3 Å². The van der Waals surface area contributed by atoms with Crippen molar-refractivity contribution in [2.75, 3.05) is 6.61 Å². The monoisotopic (exact) mass is 317 g/mol. The highest BCUT2D eigenvalue weighted by atomic mass is 16.5. The van der Waals surface area contributed by atoms with Crippen LogP contribution in [0.25, 0.3) is 0 Å². The number of hydrogen-bond acceptors (Lipinski definition) is 4. The van der Waals surface area contributed by atoms with Gasteiger partial charge < -0.3 is 14.4 Å². The van der Waals surface area contributed by atoms with Crippen LogP contribution in [-0.4, -0.2) is 16.9 Å². The molecule has 0 saturated heterocycles. The van der Waals surface area contributed by atoms with Crippen molar-refractivity contribution < 1.29 is 14.4 Å². The molecule has 0 spiro atoms. The quantitative estimate of drug-likeness (QED) is 0.646. The highest BCUT2D eigenvalue weighted by Crippen LogP contribution is 2.19. The molecule has 0 aliphatic rings. The molecule has 0 unspecified atom stereocenters. The molecule has 0 amide bonds. The lowest BCUT2D eigenvalue weighted by molar-refractivity contribution is 0.304. The fourth-order valence-corrected chi connectivity index (χ4v) is 2.71. The van der Waals surface area contributed by atoms with Crippen molar-refractivity contribution in [3.63, 3.8) is 0 Å². The lowest BCUT2D eigenvalue weighted by atomic mass is 10.0. The molecular formula is C19H27NO3.